The first-order valence-electron chi connectivity index (χ1n) is 8.44. The molecule has 2 rings (SSSR count). The molecule has 1 saturated heterocycles. The van der Waals surface area contributed by atoms with E-state index in [0.717, 1.165) is 38.4 Å². The molecule has 23 heavy (non-hydrogen) atoms. The Morgan fingerprint density at radius 3 is 3.04 bits per heavy atom. The Morgan fingerprint density at radius 1 is 1.48 bits per heavy atom. The van der Waals surface area contributed by atoms with E-state index in [1.807, 2.05) is 47.7 Å². The lowest BCUT2D eigenvalue weighted by atomic mass is 10.2. The van der Waals surface area contributed by atoms with Crippen molar-refractivity contribution in [3.8, 4) is 0 Å². The average molecular weight is 340 g/mol. The third-order valence-corrected chi connectivity index (χ3v) is 5.16. The van der Waals surface area contributed by atoms with Gasteiger partial charge in [-0.25, -0.2) is 4.79 Å². The van der Waals surface area contributed by atoms with Crippen LogP contribution in [0, 0.1) is 0 Å². The Kier molecular flexibility index (Phi) is 7.23. The van der Waals surface area contributed by atoms with E-state index in [1.54, 1.807) is 0 Å². The highest BCUT2D eigenvalue weighted by molar-refractivity contribution is 7.99. The number of likely N-dealkylation sites (tertiary alicyclic amines) is 1. The summed E-state index contributed by atoms with van der Waals surface area (Å²) in [6.07, 6.45) is 5.42. The maximum Gasteiger partial charge on any atom is 0.323 e. The van der Waals surface area contributed by atoms with Crippen LogP contribution in [-0.2, 0) is 6.54 Å². The van der Waals surface area contributed by atoms with Crippen molar-refractivity contribution in [2.24, 2.45) is 0 Å². The summed E-state index contributed by atoms with van der Waals surface area (Å²) >= 11 is 1.96. The third kappa shape index (κ3) is 6.06. The largest absolute Gasteiger partial charge is 0.323 e. The van der Waals surface area contributed by atoms with Crippen molar-refractivity contribution < 1.29 is 4.79 Å². The molecule has 0 saturated carbocycles. The molecule has 2 heterocycles. The van der Waals surface area contributed by atoms with E-state index >= 15 is 0 Å². The van der Waals surface area contributed by atoms with Crippen molar-refractivity contribution in [1.82, 2.24) is 19.6 Å². The van der Waals surface area contributed by atoms with Crippen LogP contribution < -0.4 is 5.32 Å². The number of carbonyl (C=O) groups excluding carboxylic acids is 1. The van der Waals surface area contributed by atoms with E-state index in [4.69, 9.17) is 0 Å². The number of aromatic nitrogens is 2. The van der Waals surface area contributed by atoms with Gasteiger partial charge in [0.2, 0.25) is 0 Å². The van der Waals surface area contributed by atoms with Crippen LogP contribution in [0.15, 0.2) is 12.3 Å². The number of hydrogen-bond donors (Lipinski definition) is 1. The minimum atomic E-state index is -0.0218. The van der Waals surface area contributed by atoms with Crippen LogP contribution in [0.4, 0.5) is 10.6 Å². The summed E-state index contributed by atoms with van der Waals surface area (Å²) in [6.45, 7) is 5.61. The van der Waals surface area contributed by atoms with Crippen LogP contribution in [0.2, 0.25) is 0 Å². The highest BCUT2D eigenvalue weighted by Crippen LogP contribution is 2.22. The second-order valence-electron chi connectivity index (χ2n) is 6.22. The van der Waals surface area contributed by atoms with Crippen LogP contribution in [-0.4, -0.2) is 70.3 Å². The van der Waals surface area contributed by atoms with E-state index in [9.17, 15) is 4.79 Å². The number of hydrogen-bond acceptors (Lipinski definition) is 4. The molecule has 1 atom stereocenters. The molecule has 0 bridgehead atoms. The van der Waals surface area contributed by atoms with Crippen molar-refractivity contribution >= 4 is 23.6 Å². The maximum atomic E-state index is 12.5. The zero-order valence-corrected chi connectivity index (χ0v) is 15.3. The molecule has 7 heteroatoms. The lowest BCUT2D eigenvalue weighted by Crippen LogP contribution is -2.38. The van der Waals surface area contributed by atoms with Gasteiger partial charge < -0.3 is 9.80 Å². The Labute approximate surface area is 143 Å². The number of carbonyl (C=O) groups is 1. The van der Waals surface area contributed by atoms with E-state index < -0.39 is 0 Å². The lowest BCUT2D eigenvalue weighted by Gasteiger charge is -2.23. The second kappa shape index (κ2) is 9.17. The first-order chi connectivity index (χ1) is 11.1. The molecule has 6 nitrogen and oxygen atoms in total. The van der Waals surface area contributed by atoms with E-state index in [1.165, 1.54) is 12.8 Å². The molecule has 1 aliphatic heterocycles. The van der Waals surface area contributed by atoms with Crippen LogP contribution in [0.5, 0.6) is 0 Å². The minimum absolute atomic E-state index is 0.0218. The highest BCUT2D eigenvalue weighted by atomic mass is 32.2. The standard InChI is InChI=1S/C16H29N5OS/c1-4-23-14-7-5-6-9-20(13-14)16(22)17-15-8-10-21(18-15)12-11-19(2)3/h8,10,14H,4-7,9,11-13H2,1-3H3,(H,17,18,22). The van der Waals surface area contributed by atoms with Gasteiger partial charge in [-0.15, -0.1) is 0 Å². The van der Waals surface area contributed by atoms with Crippen LogP contribution in [0.1, 0.15) is 26.2 Å². The molecule has 1 unspecified atom stereocenters. The summed E-state index contributed by atoms with van der Waals surface area (Å²) in [7, 11) is 4.08. The van der Waals surface area contributed by atoms with Gasteiger partial charge >= 0.3 is 6.03 Å². The Bertz CT molecular complexity index is 491. The molecule has 0 radical (unpaired) electrons. The highest BCUT2D eigenvalue weighted by Gasteiger charge is 2.22. The Morgan fingerprint density at radius 2 is 2.30 bits per heavy atom. The van der Waals surface area contributed by atoms with E-state index in [-0.39, 0.29) is 6.03 Å². The summed E-state index contributed by atoms with van der Waals surface area (Å²) in [5.74, 6) is 1.74. The quantitative estimate of drug-likeness (QED) is 0.865. The SMILES string of the molecule is CCSC1CCCCN(C(=O)Nc2ccn(CCN(C)C)n2)C1. The lowest BCUT2D eigenvalue weighted by molar-refractivity contribution is 0.214. The normalized spacial score (nSPS) is 19.0. The van der Waals surface area contributed by atoms with Gasteiger partial charge in [-0.2, -0.15) is 16.9 Å². The fraction of sp³-hybridized carbons (Fsp3) is 0.750. The first-order valence-corrected chi connectivity index (χ1v) is 9.49. The number of nitrogens with zero attached hydrogens (tertiary/aromatic N) is 4. The minimum Gasteiger partial charge on any atom is -0.323 e. The summed E-state index contributed by atoms with van der Waals surface area (Å²) in [6, 6.07) is 1.84. The van der Waals surface area contributed by atoms with Gasteiger partial charge in [0.25, 0.3) is 0 Å². The molecule has 2 amide bonds. The van der Waals surface area contributed by atoms with Crippen LogP contribution in [0.3, 0.4) is 0 Å². The van der Waals surface area contributed by atoms with Crippen molar-refractivity contribution in [3.63, 3.8) is 0 Å². The van der Waals surface area contributed by atoms with Crippen molar-refractivity contribution in [2.45, 2.75) is 38.0 Å². The number of likely N-dealkylation sites (N-methyl/N-ethyl adjacent to an activating group) is 1. The Hall–Kier alpha value is -1.21. The van der Waals surface area contributed by atoms with Gasteiger partial charge in [-0.3, -0.25) is 10.00 Å². The molecule has 130 valence electrons. The predicted molar refractivity (Wildman–Crippen MR) is 97.1 cm³/mol. The van der Waals surface area contributed by atoms with Gasteiger partial charge in [0.15, 0.2) is 5.82 Å². The molecule has 0 aliphatic carbocycles. The van der Waals surface area contributed by atoms with Crippen LogP contribution >= 0.6 is 11.8 Å². The zero-order chi connectivity index (χ0) is 16.7. The first kappa shape index (κ1) is 18.1. The average Bonchev–Trinajstić information content (AvgIpc) is 2.81. The molecule has 1 aromatic heterocycles. The summed E-state index contributed by atoms with van der Waals surface area (Å²) in [5, 5.41) is 7.93. The molecule has 0 spiro atoms. The zero-order valence-electron chi connectivity index (χ0n) is 14.5. The fourth-order valence-corrected chi connectivity index (χ4v) is 3.79. The monoisotopic (exact) mass is 339 g/mol. The molecular formula is C16H29N5OS. The van der Waals surface area contributed by atoms with E-state index in [2.05, 4.69) is 22.2 Å². The van der Waals surface area contributed by atoms with Crippen molar-refractivity contribution in [3.05, 3.63) is 12.3 Å². The van der Waals surface area contributed by atoms with Gasteiger partial charge in [0.1, 0.15) is 0 Å². The summed E-state index contributed by atoms with van der Waals surface area (Å²) in [4.78, 5) is 16.6. The van der Waals surface area contributed by atoms with Gasteiger partial charge in [0.05, 0.1) is 6.54 Å². The van der Waals surface area contributed by atoms with Crippen molar-refractivity contribution in [2.75, 3.05) is 44.8 Å². The summed E-state index contributed by atoms with van der Waals surface area (Å²) < 4.78 is 1.87. The Balaban J connectivity index is 1.87. The molecule has 1 aliphatic rings. The topological polar surface area (TPSA) is 53.4 Å². The molecule has 1 aromatic rings. The fourth-order valence-electron chi connectivity index (χ4n) is 2.70. The molecule has 1 fully saturated rings. The smallest absolute Gasteiger partial charge is 0.323 e. The number of urea groups is 1. The second-order valence-corrected chi connectivity index (χ2v) is 7.79. The van der Waals surface area contributed by atoms with E-state index in [0.29, 0.717) is 11.1 Å². The van der Waals surface area contributed by atoms with Crippen molar-refractivity contribution in [1.29, 1.82) is 0 Å². The predicted octanol–water partition coefficient (Wildman–Crippen LogP) is 2.58. The number of nitrogens with one attached hydrogen (secondary N) is 1. The third-order valence-electron chi connectivity index (χ3n) is 3.97. The molecular weight excluding hydrogens is 310 g/mol. The molecule has 0 aromatic carbocycles. The van der Waals surface area contributed by atoms with Gasteiger partial charge in [0, 0.05) is 37.1 Å². The number of thioether (sulfide) groups is 1. The van der Waals surface area contributed by atoms with Crippen LogP contribution in [0.25, 0.3) is 0 Å². The number of rotatable bonds is 6. The number of amides is 2. The molecule has 1 N–H and O–H groups in total. The number of anilines is 1. The summed E-state index contributed by atoms with van der Waals surface area (Å²) in [5.41, 5.74) is 0. The van der Waals surface area contributed by atoms with Gasteiger partial charge in [-0.05, 0) is 32.7 Å². The maximum absolute atomic E-state index is 12.5. The van der Waals surface area contributed by atoms with Gasteiger partial charge in [-0.1, -0.05) is 13.3 Å².